The fraction of sp³-hybridized carbons (Fsp3) is 0.250. The molecule has 0 fully saturated rings. The highest BCUT2D eigenvalue weighted by atomic mass is 127. The monoisotopic (exact) mass is 430 g/mol. The zero-order valence-electron chi connectivity index (χ0n) is 11.5. The number of aryl methyl sites for hydroxylation is 1. The van der Waals surface area contributed by atoms with E-state index in [1.807, 2.05) is 6.07 Å². The summed E-state index contributed by atoms with van der Waals surface area (Å²) in [5, 5.41) is 1.32. The standard InChI is InChI=1S/C16H16ClIN2S/c17-15-7-6-14(21-15)16-11(3-1-2-8-19)12-9-10(18)4-5-13(12)20-16/h4-7,9,20H,1-3,8,19H2. The zero-order chi connectivity index (χ0) is 14.8. The smallest absolute Gasteiger partial charge is 0.0935 e. The van der Waals surface area contributed by atoms with Gasteiger partial charge in [0, 0.05) is 14.5 Å². The summed E-state index contributed by atoms with van der Waals surface area (Å²) >= 11 is 10.1. The molecule has 0 spiro atoms. The molecule has 0 saturated carbocycles. The molecule has 110 valence electrons. The molecule has 0 aliphatic rings. The third kappa shape index (κ3) is 3.28. The number of thiophene rings is 1. The van der Waals surface area contributed by atoms with E-state index >= 15 is 0 Å². The number of nitrogens with two attached hydrogens (primary N) is 1. The molecule has 3 aromatic rings. The maximum absolute atomic E-state index is 6.10. The minimum atomic E-state index is 0.750. The molecular formula is C16H16ClIN2S. The van der Waals surface area contributed by atoms with Crippen LogP contribution in [-0.4, -0.2) is 11.5 Å². The lowest BCUT2D eigenvalue weighted by atomic mass is 10.0. The molecule has 0 saturated heterocycles. The van der Waals surface area contributed by atoms with Crippen molar-refractivity contribution < 1.29 is 0 Å². The van der Waals surface area contributed by atoms with Crippen LogP contribution in [0.25, 0.3) is 21.5 Å². The van der Waals surface area contributed by atoms with Crippen LogP contribution in [0.15, 0.2) is 30.3 Å². The summed E-state index contributed by atoms with van der Waals surface area (Å²) in [6, 6.07) is 10.6. The van der Waals surface area contributed by atoms with E-state index in [2.05, 4.69) is 51.8 Å². The molecule has 2 nitrogen and oxygen atoms in total. The van der Waals surface area contributed by atoms with Crippen molar-refractivity contribution in [2.24, 2.45) is 5.73 Å². The second-order valence-electron chi connectivity index (χ2n) is 5.02. The molecule has 21 heavy (non-hydrogen) atoms. The molecule has 0 bridgehead atoms. The molecule has 3 rings (SSSR count). The summed E-state index contributed by atoms with van der Waals surface area (Å²) in [6.07, 6.45) is 3.21. The van der Waals surface area contributed by atoms with Gasteiger partial charge in [0.1, 0.15) is 0 Å². The van der Waals surface area contributed by atoms with Crippen molar-refractivity contribution >= 4 is 56.4 Å². The molecule has 2 heterocycles. The van der Waals surface area contributed by atoms with Gasteiger partial charge in [-0.25, -0.2) is 0 Å². The number of unbranched alkanes of at least 4 members (excludes halogenated alkanes) is 1. The van der Waals surface area contributed by atoms with Crippen LogP contribution in [0.5, 0.6) is 0 Å². The Morgan fingerprint density at radius 1 is 1.19 bits per heavy atom. The molecule has 0 amide bonds. The highest BCUT2D eigenvalue weighted by Crippen LogP contribution is 2.37. The predicted molar refractivity (Wildman–Crippen MR) is 101 cm³/mol. The van der Waals surface area contributed by atoms with Crippen LogP contribution in [-0.2, 0) is 6.42 Å². The van der Waals surface area contributed by atoms with Gasteiger partial charge >= 0.3 is 0 Å². The Bertz CT molecular complexity index is 763. The molecule has 0 atom stereocenters. The van der Waals surface area contributed by atoms with E-state index in [9.17, 15) is 0 Å². The van der Waals surface area contributed by atoms with Crippen molar-refractivity contribution in [3.8, 4) is 10.6 Å². The van der Waals surface area contributed by atoms with Crippen LogP contribution in [0.4, 0.5) is 0 Å². The lowest BCUT2D eigenvalue weighted by Gasteiger charge is -2.03. The van der Waals surface area contributed by atoms with Crippen LogP contribution in [0.3, 0.4) is 0 Å². The Labute approximate surface area is 146 Å². The lowest BCUT2D eigenvalue weighted by molar-refractivity contribution is 0.748. The highest BCUT2D eigenvalue weighted by Gasteiger charge is 2.14. The van der Waals surface area contributed by atoms with Gasteiger partial charge in [0.25, 0.3) is 0 Å². The van der Waals surface area contributed by atoms with Gasteiger partial charge in [-0.2, -0.15) is 0 Å². The first-order valence-corrected chi connectivity index (χ1v) is 9.22. The number of hydrogen-bond acceptors (Lipinski definition) is 2. The third-order valence-electron chi connectivity index (χ3n) is 3.57. The SMILES string of the molecule is NCCCCc1c(-c2ccc(Cl)s2)[nH]c2ccc(I)cc12. The Morgan fingerprint density at radius 2 is 2.05 bits per heavy atom. The summed E-state index contributed by atoms with van der Waals surface area (Å²) in [7, 11) is 0. The predicted octanol–water partition coefficient (Wildman–Crippen LogP) is 5.44. The summed E-state index contributed by atoms with van der Waals surface area (Å²) in [5.74, 6) is 0. The van der Waals surface area contributed by atoms with Crippen molar-refractivity contribution in [1.29, 1.82) is 0 Å². The number of aromatic amines is 1. The van der Waals surface area contributed by atoms with Crippen molar-refractivity contribution in [3.63, 3.8) is 0 Å². The molecule has 0 aliphatic heterocycles. The number of halogens is 2. The zero-order valence-corrected chi connectivity index (χ0v) is 15.2. The van der Waals surface area contributed by atoms with E-state index in [-0.39, 0.29) is 0 Å². The number of nitrogens with one attached hydrogen (secondary N) is 1. The van der Waals surface area contributed by atoms with Gasteiger partial charge < -0.3 is 10.7 Å². The fourth-order valence-corrected chi connectivity index (χ4v) is 4.15. The van der Waals surface area contributed by atoms with E-state index in [0.717, 1.165) is 30.1 Å². The van der Waals surface area contributed by atoms with Gasteiger partial charge in [-0.1, -0.05) is 11.6 Å². The number of fused-ring (bicyclic) bond motifs is 1. The van der Waals surface area contributed by atoms with Crippen LogP contribution >= 0.6 is 45.5 Å². The highest BCUT2D eigenvalue weighted by molar-refractivity contribution is 14.1. The van der Waals surface area contributed by atoms with Crippen molar-refractivity contribution in [3.05, 3.63) is 43.8 Å². The first-order chi connectivity index (χ1) is 10.2. The Balaban J connectivity index is 2.10. The van der Waals surface area contributed by atoms with Crippen LogP contribution < -0.4 is 5.73 Å². The number of benzene rings is 1. The third-order valence-corrected chi connectivity index (χ3v) is 5.49. The van der Waals surface area contributed by atoms with Gasteiger partial charge in [0.2, 0.25) is 0 Å². The van der Waals surface area contributed by atoms with E-state index in [0.29, 0.717) is 0 Å². The number of hydrogen-bond donors (Lipinski definition) is 2. The number of H-pyrrole nitrogens is 1. The normalized spacial score (nSPS) is 11.4. The Morgan fingerprint density at radius 3 is 2.76 bits per heavy atom. The van der Waals surface area contributed by atoms with Gasteiger partial charge in [0.05, 0.1) is 14.9 Å². The Kier molecular flexibility index (Phi) is 4.88. The van der Waals surface area contributed by atoms with Crippen LogP contribution in [0.2, 0.25) is 4.34 Å². The van der Waals surface area contributed by atoms with Gasteiger partial charge in [-0.05, 0) is 84.3 Å². The largest absolute Gasteiger partial charge is 0.354 e. The number of rotatable bonds is 5. The molecule has 3 N–H and O–H groups in total. The topological polar surface area (TPSA) is 41.8 Å². The van der Waals surface area contributed by atoms with Gasteiger partial charge in [-0.15, -0.1) is 11.3 Å². The average molecular weight is 431 g/mol. The summed E-state index contributed by atoms with van der Waals surface area (Å²) in [5.41, 5.74) is 9.42. The lowest BCUT2D eigenvalue weighted by Crippen LogP contribution is -1.99. The molecule has 0 aliphatic carbocycles. The van der Waals surface area contributed by atoms with Crippen LogP contribution in [0.1, 0.15) is 18.4 Å². The van der Waals surface area contributed by atoms with E-state index < -0.39 is 0 Å². The first-order valence-electron chi connectivity index (χ1n) is 6.95. The van der Waals surface area contributed by atoms with Gasteiger partial charge in [-0.3, -0.25) is 0 Å². The minimum absolute atomic E-state index is 0.750. The van der Waals surface area contributed by atoms with Crippen molar-refractivity contribution in [2.75, 3.05) is 6.54 Å². The van der Waals surface area contributed by atoms with E-state index in [1.54, 1.807) is 11.3 Å². The van der Waals surface area contributed by atoms with Crippen molar-refractivity contribution in [1.82, 2.24) is 4.98 Å². The van der Waals surface area contributed by atoms with Crippen LogP contribution in [0, 0.1) is 3.57 Å². The molecule has 5 heteroatoms. The van der Waals surface area contributed by atoms with E-state index in [1.165, 1.54) is 30.6 Å². The van der Waals surface area contributed by atoms with E-state index in [4.69, 9.17) is 17.3 Å². The second-order valence-corrected chi connectivity index (χ2v) is 7.98. The Hall–Kier alpha value is -0.560. The summed E-state index contributed by atoms with van der Waals surface area (Å²) < 4.78 is 2.08. The maximum atomic E-state index is 6.10. The summed E-state index contributed by atoms with van der Waals surface area (Å²) in [6.45, 7) is 0.750. The average Bonchev–Trinajstić information content (AvgIpc) is 3.03. The van der Waals surface area contributed by atoms with Gasteiger partial charge in [0.15, 0.2) is 0 Å². The molecule has 1 aromatic carbocycles. The molecule has 0 radical (unpaired) electrons. The fourth-order valence-electron chi connectivity index (χ4n) is 2.58. The quantitative estimate of drug-likeness (QED) is 0.411. The maximum Gasteiger partial charge on any atom is 0.0935 e. The second kappa shape index (κ2) is 6.69. The summed E-state index contributed by atoms with van der Waals surface area (Å²) in [4.78, 5) is 4.77. The molecular weight excluding hydrogens is 415 g/mol. The first kappa shape index (κ1) is 15.3. The molecule has 0 unspecified atom stereocenters. The minimum Gasteiger partial charge on any atom is -0.354 e. The number of aromatic nitrogens is 1. The van der Waals surface area contributed by atoms with Crippen molar-refractivity contribution in [2.45, 2.75) is 19.3 Å². The molecule has 2 aromatic heterocycles.